The van der Waals surface area contributed by atoms with Gasteiger partial charge in [0, 0.05) is 10.6 Å². The van der Waals surface area contributed by atoms with Gasteiger partial charge >= 0.3 is 0 Å². The molecule has 0 spiro atoms. The van der Waals surface area contributed by atoms with Gasteiger partial charge in [0.05, 0.1) is 4.91 Å². The van der Waals surface area contributed by atoms with Crippen LogP contribution in [0.5, 0.6) is 0 Å². The number of nitrogens with one attached hydrogen (secondary N) is 1. The smallest absolute Gasteiger partial charge is 0.266 e. The van der Waals surface area contributed by atoms with Crippen LogP contribution in [-0.4, -0.2) is 27.6 Å². The summed E-state index contributed by atoms with van der Waals surface area (Å²) >= 11 is 7.86. The van der Waals surface area contributed by atoms with Gasteiger partial charge in [-0.25, -0.2) is 4.39 Å². The van der Waals surface area contributed by atoms with E-state index in [1.54, 1.807) is 12.1 Å². The quantitative estimate of drug-likeness (QED) is 0.651. The zero-order valence-corrected chi connectivity index (χ0v) is 14.6. The third-order valence-electron chi connectivity index (χ3n) is 3.10. The average Bonchev–Trinajstić information content (AvgIpc) is 3.12. The van der Waals surface area contributed by atoms with E-state index in [9.17, 15) is 14.0 Å². The molecule has 0 saturated carbocycles. The number of anilines is 1. The van der Waals surface area contributed by atoms with Gasteiger partial charge in [-0.2, -0.15) is 0 Å². The van der Waals surface area contributed by atoms with E-state index in [-0.39, 0.29) is 12.5 Å². The molecular weight excluding hydrogens is 367 g/mol. The zero-order chi connectivity index (χ0) is 17.1. The number of thioether (sulfide) groups is 1. The molecular formula is C16H11FN2O2S3. The van der Waals surface area contributed by atoms with Gasteiger partial charge in [-0.1, -0.05) is 36.1 Å². The maximum absolute atomic E-state index is 13.1. The Labute approximate surface area is 151 Å². The van der Waals surface area contributed by atoms with Crippen molar-refractivity contribution in [3.8, 4) is 0 Å². The minimum absolute atomic E-state index is 0.205. The van der Waals surface area contributed by atoms with Crippen molar-refractivity contribution in [3.05, 3.63) is 57.4 Å². The molecule has 2 heterocycles. The molecule has 0 bridgehead atoms. The van der Waals surface area contributed by atoms with Crippen molar-refractivity contribution >= 4 is 63.2 Å². The van der Waals surface area contributed by atoms with Crippen LogP contribution in [-0.2, 0) is 9.59 Å². The molecule has 0 unspecified atom stereocenters. The second kappa shape index (κ2) is 7.25. The molecule has 2 amide bonds. The van der Waals surface area contributed by atoms with Crippen LogP contribution >= 0.6 is 35.3 Å². The first-order chi connectivity index (χ1) is 11.5. The topological polar surface area (TPSA) is 49.4 Å². The van der Waals surface area contributed by atoms with Gasteiger partial charge in [0.15, 0.2) is 0 Å². The van der Waals surface area contributed by atoms with Gasteiger partial charge in [0.2, 0.25) is 5.91 Å². The van der Waals surface area contributed by atoms with E-state index in [1.165, 1.54) is 46.2 Å². The maximum atomic E-state index is 13.1. The second-order valence-corrected chi connectivity index (χ2v) is 7.50. The Morgan fingerprint density at radius 3 is 2.88 bits per heavy atom. The number of amides is 2. The Balaban J connectivity index is 1.67. The van der Waals surface area contributed by atoms with Crippen LogP contribution < -0.4 is 5.32 Å². The molecule has 0 atom stereocenters. The van der Waals surface area contributed by atoms with Crippen molar-refractivity contribution in [2.45, 2.75) is 0 Å². The predicted molar refractivity (Wildman–Crippen MR) is 99.2 cm³/mol. The Kier molecular flexibility index (Phi) is 5.08. The number of hydrogen-bond acceptors (Lipinski definition) is 5. The first-order valence-corrected chi connectivity index (χ1v) is 8.97. The molecule has 1 N–H and O–H groups in total. The highest BCUT2D eigenvalue weighted by Gasteiger charge is 2.33. The maximum Gasteiger partial charge on any atom is 0.266 e. The number of benzene rings is 1. The van der Waals surface area contributed by atoms with Gasteiger partial charge in [-0.05, 0) is 35.7 Å². The molecule has 1 aromatic carbocycles. The summed E-state index contributed by atoms with van der Waals surface area (Å²) in [5.41, 5.74) is 0.333. The standard InChI is InChI=1S/C16H11FN2O2S3/c17-10-3-1-4-11(7-10)18-14(20)9-19-15(21)13(24-16(19)22)8-12-5-2-6-23-12/h1-8H,9H2,(H,18,20)/b13-8-. The van der Waals surface area contributed by atoms with E-state index < -0.39 is 11.7 Å². The third-order valence-corrected chi connectivity index (χ3v) is 5.30. The van der Waals surface area contributed by atoms with Crippen LogP contribution in [0.1, 0.15) is 4.88 Å². The van der Waals surface area contributed by atoms with Crippen LogP contribution in [0.25, 0.3) is 6.08 Å². The van der Waals surface area contributed by atoms with Crippen molar-refractivity contribution in [1.29, 1.82) is 0 Å². The SMILES string of the molecule is O=C(CN1C(=O)/C(=C/c2cccs2)SC1=S)Nc1cccc(F)c1. The first kappa shape index (κ1) is 16.8. The minimum Gasteiger partial charge on any atom is -0.324 e. The van der Waals surface area contributed by atoms with Crippen molar-refractivity contribution in [2.24, 2.45) is 0 Å². The molecule has 8 heteroatoms. The second-order valence-electron chi connectivity index (χ2n) is 4.84. The number of halogens is 1. The number of thiocarbonyl (C=S) groups is 1. The summed E-state index contributed by atoms with van der Waals surface area (Å²) in [6.07, 6.45) is 1.76. The highest BCUT2D eigenvalue weighted by atomic mass is 32.2. The average molecular weight is 378 g/mol. The van der Waals surface area contributed by atoms with Crippen LogP contribution in [0, 0.1) is 5.82 Å². The molecule has 24 heavy (non-hydrogen) atoms. The number of carbonyl (C=O) groups excluding carboxylic acids is 2. The normalized spacial score (nSPS) is 16.0. The fourth-order valence-corrected chi connectivity index (χ4v) is 4.03. The van der Waals surface area contributed by atoms with Crippen LogP contribution in [0.2, 0.25) is 0 Å². The molecule has 1 saturated heterocycles. The lowest BCUT2D eigenvalue weighted by molar-refractivity contribution is -0.126. The molecule has 1 aliphatic rings. The zero-order valence-electron chi connectivity index (χ0n) is 12.2. The van der Waals surface area contributed by atoms with Crippen molar-refractivity contribution < 1.29 is 14.0 Å². The Morgan fingerprint density at radius 1 is 1.33 bits per heavy atom. The van der Waals surface area contributed by atoms with Gasteiger partial charge in [0.1, 0.15) is 16.7 Å². The summed E-state index contributed by atoms with van der Waals surface area (Å²) < 4.78 is 13.5. The highest BCUT2D eigenvalue weighted by Crippen LogP contribution is 2.33. The van der Waals surface area contributed by atoms with Crippen molar-refractivity contribution in [3.63, 3.8) is 0 Å². The molecule has 0 aliphatic carbocycles. The van der Waals surface area contributed by atoms with Gasteiger partial charge in [-0.15, -0.1) is 11.3 Å². The van der Waals surface area contributed by atoms with E-state index >= 15 is 0 Å². The first-order valence-electron chi connectivity index (χ1n) is 6.87. The van der Waals surface area contributed by atoms with E-state index in [4.69, 9.17) is 12.2 Å². The molecule has 1 aromatic heterocycles. The lowest BCUT2D eigenvalue weighted by atomic mass is 10.3. The fraction of sp³-hybridized carbons (Fsp3) is 0.0625. The van der Waals surface area contributed by atoms with Crippen LogP contribution in [0.15, 0.2) is 46.7 Å². The van der Waals surface area contributed by atoms with E-state index in [0.29, 0.717) is 14.9 Å². The monoisotopic (exact) mass is 378 g/mol. The molecule has 4 nitrogen and oxygen atoms in total. The van der Waals surface area contributed by atoms with Crippen LogP contribution in [0.4, 0.5) is 10.1 Å². The lowest BCUT2D eigenvalue weighted by Gasteiger charge is -2.14. The number of carbonyl (C=O) groups is 2. The molecule has 1 fully saturated rings. The lowest BCUT2D eigenvalue weighted by Crippen LogP contribution is -2.36. The van der Waals surface area contributed by atoms with E-state index in [1.807, 2.05) is 17.5 Å². The highest BCUT2D eigenvalue weighted by molar-refractivity contribution is 8.26. The molecule has 3 rings (SSSR count). The molecule has 122 valence electrons. The Hall–Kier alpha value is -2.03. The summed E-state index contributed by atoms with van der Waals surface area (Å²) in [6.45, 7) is -0.205. The summed E-state index contributed by atoms with van der Waals surface area (Å²) in [7, 11) is 0. The van der Waals surface area contributed by atoms with Crippen molar-refractivity contribution in [2.75, 3.05) is 11.9 Å². The molecule has 1 aliphatic heterocycles. The summed E-state index contributed by atoms with van der Waals surface area (Å²) in [4.78, 5) is 27.2. The van der Waals surface area contributed by atoms with E-state index in [0.717, 1.165) is 4.88 Å². The Bertz CT molecular complexity index is 834. The largest absolute Gasteiger partial charge is 0.324 e. The third kappa shape index (κ3) is 3.89. The summed E-state index contributed by atoms with van der Waals surface area (Å²) in [6, 6.07) is 9.35. The number of rotatable bonds is 4. The summed E-state index contributed by atoms with van der Waals surface area (Å²) in [5, 5.41) is 4.47. The van der Waals surface area contributed by atoms with Gasteiger partial charge in [0.25, 0.3) is 5.91 Å². The molecule has 2 aromatic rings. The van der Waals surface area contributed by atoms with Crippen LogP contribution in [0.3, 0.4) is 0 Å². The Morgan fingerprint density at radius 2 is 2.17 bits per heavy atom. The molecule has 0 radical (unpaired) electrons. The predicted octanol–water partition coefficient (Wildman–Crippen LogP) is 3.73. The number of hydrogen-bond donors (Lipinski definition) is 1. The number of nitrogens with zero attached hydrogens (tertiary/aromatic N) is 1. The van der Waals surface area contributed by atoms with E-state index in [2.05, 4.69) is 5.32 Å². The van der Waals surface area contributed by atoms with Gasteiger partial charge < -0.3 is 5.32 Å². The fourth-order valence-electron chi connectivity index (χ4n) is 2.05. The van der Waals surface area contributed by atoms with Crippen molar-refractivity contribution in [1.82, 2.24) is 4.90 Å². The summed E-state index contributed by atoms with van der Waals surface area (Å²) in [5.74, 6) is -1.18. The minimum atomic E-state index is -0.447. The number of thiophene rings is 1. The van der Waals surface area contributed by atoms with Gasteiger partial charge in [-0.3, -0.25) is 14.5 Å².